The van der Waals surface area contributed by atoms with Crippen molar-refractivity contribution >= 4 is 35.5 Å². The molecule has 1 aliphatic rings. The van der Waals surface area contributed by atoms with Gasteiger partial charge in [0.05, 0.1) is 48.1 Å². The van der Waals surface area contributed by atoms with Crippen LogP contribution in [0.4, 0.5) is 5.69 Å². The molecule has 8 heterocycles. The Morgan fingerprint density at radius 3 is 1.82 bits per heavy atom. The van der Waals surface area contributed by atoms with E-state index in [1.165, 1.54) is 18.5 Å². The quantitative estimate of drug-likeness (QED) is 0.0555. The summed E-state index contributed by atoms with van der Waals surface area (Å²) in [7, 11) is -15.4. The molecule has 7 aromatic heterocycles. The molecular formula is C48H49EuN10O14P3+. The number of nitrogens with zero attached hydrogens (tertiary/aromatic N) is 7. The molecule has 7 aromatic rings. The number of phosphoric acid groups is 2. The predicted octanol–water partition coefficient (Wildman–Crippen LogP) is 4.78. The van der Waals surface area contributed by atoms with Gasteiger partial charge in [0.15, 0.2) is 0 Å². The Morgan fingerprint density at radius 2 is 1.30 bits per heavy atom. The minimum atomic E-state index is -6.02. The van der Waals surface area contributed by atoms with Gasteiger partial charge in [0, 0.05) is 84.8 Å². The zero-order chi connectivity index (χ0) is 53.5. The largest absolute Gasteiger partial charge is 3.00 e. The Kier molecular flexibility index (Phi) is 25.5. The monoisotopic (exact) mass is 1240 g/mol. The third-order valence-electron chi connectivity index (χ3n) is 10.2. The number of nitrogens with one attached hydrogen (secondary N) is 3. The molecule has 76 heavy (non-hydrogen) atoms. The zero-order valence-corrected chi connectivity index (χ0v) is 45.1. The van der Waals surface area contributed by atoms with Gasteiger partial charge in [-0.15, -0.1) is 4.52 Å². The number of aromatic nitrogens is 8. The van der Waals surface area contributed by atoms with Gasteiger partial charge in [-0.1, -0.05) is 42.8 Å². The number of amides is 1. The van der Waals surface area contributed by atoms with E-state index in [4.69, 9.17) is 4.74 Å². The maximum Gasteiger partial charge on any atom is 3.00 e. The van der Waals surface area contributed by atoms with Crippen molar-refractivity contribution in [3.63, 3.8) is 0 Å². The second kappa shape index (κ2) is 31.6. The molecule has 1 fully saturated rings. The van der Waals surface area contributed by atoms with E-state index in [0.29, 0.717) is 13.0 Å². The third kappa shape index (κ3) is 21.4. The second-order valence-electron chi connectivity index (χ2n) is 15.7. The van der Waals surface area contributed by atoms with Crippen LogP contribution in [0.1, 0.15) is 43.9 Å². The van der Waals surface area contributed by atoms with Crippen molar-refractivity contribution in [2.75, 3.05) is 18.5 Å². The van der Waals surface area contributed by atoms with Crippen molar-refractivity contribution in [2.24, 2.45) is 0 Å². The first-order valence-corrected chi connectivity index (χ1v) is 26.9. The van der Waals surface area contributed by atoms with Crippen LogP contribution in [0, 0.1) is 49.4 Å². The average Bonchev–Trinajstić information content (AvgIpc) is 3.79. The Hall–Kier alpha value is -5.59. The van der Waals surface area contributed by atoms with Crippen molar-refractivity contribution in [1.82, 2.24) is 44.8 Å². The normalized spacial score (nSPS) is 15.9. The summed E-state index contributed by atoms with van der Waals surface area (Å²) >= 11 is 0. The first-order valence-electron chi connectivity index (χ1n) is 22.9. The number of aromatic amines is 1. The molecule has 0 bridgehead atoms. The van der Waals surface area contributed by atoms with E-state index in [0.717, 1.165) is 57.3 Å². The molecule has 28 heteroatoms. The van der Waals surface area contributed by atoms with E-state index in [1.54, 1.807) is 37.2 Å². The summed E-state index contributed by atoms with van der Waals surface area (Å²) in [6.07, 6.45) is 13.3. The molecule has 0 aromatic carbocycles. The number of aliphatic hydroxyl groups is 1. The first-order chi connectivity index (χ1) is 36.1. The number of carbonyl (C=O) groups excluding carboxylic acids is 1. The van der Waals surface area contributed by atoms with Crippen LogP contribution in [-0.2, 0) is 42.8 Å². The number of ether oxygens (including phenoxy) is 1. The first kappa shape index (κ1) is 61.3. The third-order valence-corrected chi connectivity index (χ3v) is 13.5. The molecule has 0 spiro atoms. The van der Waals surface area contributed by atoms with Crippen LogP contribution in [0.2, 0.25) is 0 Å². The molecule has 1 aliphatic heterocycles. The summed E-state index contributed by atoms with van der Waals surface area (Å²) in [5.74, 6) is -0.220. The summed E-state index contributed by atoms with van der Waals surface area (Å²) in [5.41, 5.74) is 4.67. The minimum absolute atomic E-state index is 0. The smallest absolute Gasteiger partial charge is 0.790 e. The van der Waals surface area contributed by atoms with Gasteiger partial charge < -0.3 is 39.7 Å². The maximum absolute atomic E-state index is 12.5. The standard InChI is InChI=1S/C28H35N6O14P3.2C10H8N2.Eu/c35-23-16-26(46-24(23)18-45-49(39)47-51(43,44)48-50(40,41)42)34-17-19(27(37)33-28(34)38)7-6-13-32-25(36)9-2-1-4-11-29-20-10-14-31-22(15-20)21-8-3-5-12-30-21;2*1-3-7-11-9(5-1)10-6-2-4-8-12-10;/h3,5-6,8,10,12-15,17,23-24,26,35H,1-2,4,7,9,11,16,18H2,(H5-,29,31,32,33,36,37,38,40,41,42,43,44);2*1-8H;/q;;;+3/p-2/b13-6+;;;/t23-,24+,26+;;;/m0.../s1. The van der Waals surface area contributed by atoms with Crippen molar-refractivity contribution < 1.29 is 106 Å². The van der Waals surface area contributed by atoms with E-state index in [-0.39, 0.29) is 80.1 Å². The number of rotatable bonds is 21. The molecule has 0 aliphatic carbocycles. The number of pyridine rings is 6. The Morgan fingerprint density at radius 1 is 0.776 bits per heavy atom. The van der Waals surface area contributed by atoms with Crippen molar-refractivity contribution in [3.05, 3.63) is 185 Å². The molecule has 4 N–H and O–H groups in total. The summed E-state index contributed by atoms with van der Waals surface area (Å²) in [6.45, 7) is -0.0361. The van der Waals surface area contributed by atoms with E-state index < -0.39 is 60.2 Å². The molecule has 24 nitrogen and oxygen atoms in total. The molecule has 1 saturated heterocycles. The number of hydrogen-bond acceptors (Lipinski definition) is 21. The van der Waals surface area contributed by atoms with Crippen LogP contribution >= 0.6 is 23.9 Å². The predicted molar refractivity (Wildman–Crippen MR) is 267 cm³/mol. The fourth-order valence-corrected chi connectivity index (χ4v) is 9.26. The Bertz CT molecular complexity index is 3000. The van der Waals surface area contributed by atoms with E-state index in [1.807, 2.05) is 103 Å². The van der Waals surface area contributed by atoms with Gasteiger partial charge in [0.25, 0.3) is 5.56 Å². The molecule has 396 valence electrons. The molecular weight excluding hydrogens is 1190 g/mol. The number of H-pyrrole nitrogens is 1. The van der Waals surface area contributed by atoms with Gasteiger partial charge in [-0.3, -0.25) is 57.9 Å². The van der Waals surface area contributed by atoms with E-state index in [2.05, 4.69) is 58.7 Å². The average molecular weight is 1230 g/mol. The van der Waals surface area contributed by atoms with Crippen molar-refractivity contribution in [1.29, 1.82) is 0 Å². The summed E-state index contributed by atoms with van der Waals surface area (Å²) in [4.78, 5) is 96.8. The van der Waals surface area contributed by atoms with Crippen LogP contribution in [-0.4, -0.2) is 75.8 Å². The molecule has 5 atom stereocenters. The second-order valence-corrected chi connectivity index (χ2v) is 19.5. The Labute approximate surface area is 476 Å². The van der Waals surface area contributed by atoms with Gasteiger partial charge in [-0.05, 0) is 96.4 Å². The number of unbranched alkanes of at least 4 members (excludes halogenated alkanes) is 2. The number of hydrogen-bond donors (Lipinski definition) is 4. The molecule has 0 saturated carbocycles. The van der Waals surface area contributed by atoms with Gasteiger partial charge in [0.1, 0.15) is 18.9 Å². The fraction of sp³-hybridized carbons (Fsp3) is 0.229. The molecule has 1 amide bonds. The van der Waals surface area contributed by atoms with Crippen LogP contribution in [0.3, 0.4) is 0 Å². The maximum atomic E-state index is 12.5. The van der Waals surface area contributed by atoms with Crippen LogP contribution in [0.15, 0.2) is 168 Å². The van der Waals surface area contributed by atoms with Gasteiger partial charge in [-0.25, -0.2) is 4.79 Å². The Balaban J connectivity index is 0.000000342. The summed E-state index contributed by atoms with van der Waals surface area (Å²) < 4.78 is 51.6. The topological polar surface area (TPSA) is 351 Å². The van der Waals surface area contributed by atoms with Crippen LogP contribution < -0.4 is 36.6 Å². The number of carbonyl (C=O) groups is 1. The van der Waals surface area contributed by atoms with Crippen molar-refractivity contribution in [2.45, 2.75) is 57.0 Å². The van der Waals surface area contributed by atoms with E-state index >= 15 is 0 Å². The van der Waals surface area contributed by atoms with Gasteiger partial charge in [-0.2, -0.15) is 0 Å². The fourth-order valence-electron chi connectivity index (χ4n) is 6.78. The van der Waals surface area contributed by atoms with Crippen LogP contribution in [0.5, 0.6) is 0 Å². The molecule has 2 unspecified atom stereocenters. The minimum Gasteiger partial charge on any atom is -0.790 e. The SMILES string of the molecule is O=C(CCCCCNc1ccnc(-c2ccccn2)c1)N/C=C/Cc1cn([C@H]2C[C@H](O)[C@@H](CO[P+](=O)OP(=O)([O-])OP(=O)([O-])[O-])O2)c(=O)[nH]c1=O.[Eu+3].c1ccc(-c2ccccn2)nc1.c1ccc(-c2ccccn2)nc1. The molecule has 0 radical (unpaired) electrons. The number of anilines is 1. The van der Waals surface area contributed by atoms with Gasteiger partial charge in [0.2, 0.25) is 5.91 Å². The number of aliphatic hydroxyl groups excluding tert-OH is 1. The van der Waals surface area contributed by atoms with Crippen molar-refractivity contribution in [3.8, 4) is 34.2 Å². The van der Waals surface area contributed by atoms with E-state index in [9.17, 15) is 47.9 Å². The van der Waals surface area contributed by atoms with Crippen LogP contribution in [0.25, 0.3) is 34.2 Å². The number of allylic oxidation sites excluding steroid dienone is 1. The van der Waals surface area contributed by atoms with Gasteiger partial charge >= 0.3 is 71.1 Å². The molecule has 8 rings (SSSR count). The zero-order valence-electron chi connectivity index (χ0n) is 40.0. The summed E-state index contributed by atoms with van der Waals surface area (Å²) in [6, 6.07) is 32.6. The summed E-state index contributed by atoms with van der Waals surface area (Å²) in [5, 5.41) is 16.3.